The van der Waals surface area contributed by atoms with Gasteiger partial charge in [-0.15, -0.1) is 4.36 Å². The average molecular weight is 285 g/mol. The van der Waals surface area contributed by atoms with Gasteiger partial charge in [0.2, 0.25) is 0 Å². The van der Waals surface area contributed by atoms with Crippen LogP contribution in [-0.4, -0.2) is 29.3 Å². The highest BCUT2D eigenvalue weighted by atomic mass is 32.2. The number of amides is 1. The first-order valence-corrected chi connectivity index (χ1v) is 7.65. The van der Waals surface area contributed by atoms with E-state index in [0.717, 1.165) is 0 Å². The van der Waals surface area contributed by atoms with Gasteiger partial charge in [-0.1, -0.05) is 0 Å². The van der Waals surface area contributed by atoms with Crippen LogP contribution < -0.4 is 4.74 Å². The molecule has 0 unspecified atom stereocenters. The summed E-state index contributed by atoms with van der Waals surface area (Å²) in [4.78, 5) is 12.0. The Morgan fingerprint density at radius 2 is 1.74 bits per heavy atom. The van der Waals surface area contributed by atoms with Gasteiger partial charge in [-0.2, -0.15) is 0 Å². The minimum atomic E-state index is -2.81. The van der Waals surface area contributed by atoms with Crippen LogP contribution in [0.5, 0.6) is 5.75 Å². The molecule has 1 aromatic rings. The fourth-order valence-electron chi connectivity index (χ4n) is 1.30. The Bertz CT molecular complexity index is 563. The van der Waals surface area contributed by atoms with E-state index in [1.165, 1.54) is 6.26 Å². The molecular formula is C13H19NO4S. The quantitative estimate of drug-likeness (QED) is 0.837. The summed E-state index contributed by atoms with van der Waals surface area (Å²) in [5, 5.41) is 0. The predicted octanol–water partition coefficient (Wildman–Crippen LogP) is 3.09. The molecule has 0 bridgehead atoms. The van der Waals surface area contributed by atoms with Gasteiger partial charge in [-0.3, -0.25) is 0 Å². The molecular weight excluding hydrogens is 266 g/mol. The molecule has 0 aliphatic rings. The molecule has 1 rings (SSSR count). The van der Waals surface area contributed by atoms with E-state index < -0.39 is 21.4 Å². The van der Waals surface area contributed by atoms with Crippen LogP contribution in [0.4, 0.5) is 4.79 Å². The van der Waals surface area contributed by atoms with Crippen molar-refractivity contribution >= 4 is 15.8 Å². The molecule has 1 atom stereocenters. The number of methoxy groups -OCH3 is 1. The van der Waals surface area contributed by atoms with Crippen LogP contribution in [-0.2, 0) is 14.5 Å². The Morgan fingerprint density at radius 3 is 2.16 bits per heavy atom. The van der Waals surface area contributed by atoms with E-state index in [1.54, 1.807) is 52.1 Å². The number of hydrogen-bond acceptors (Lipinski definition) is 4. The molecule has 0 heterocycles. The Balaban J connectivity index is 3.02. The molecule has 1 amide bonds. The highest BCUT2D eigenvalue weighted by Crippen LogP contribution is 2.18. The Labute approximate surface area is 114 Å². The highest BCUT2D eigenvalue weighted by Gasteiger charge is 2.18. The monoisotopic (exact) mass is 285 g/mol. The van der Waals surface area contributed by atoms with Crippen molar-refractivity contribution in [1.29, 1.82) is 0 Å². The van der Waals surface area contributed by atoms with E-state index in [0.29, 0.717) is 10.6 Å². The fourth-order valence-corrected chi connectivity index (χ4v) is 2.37. The lowest BCUT2D eigenvalue weighted by molar-refractivity contribution is 0.0607. The van der Waals surface area contributed by atoms with Gasteiger partial charge in [-0.05, 0) is 45.0 Å². The molecule has 0 saturated heterocycles. The van der Waals surface area contributed by atoms with Gasteiger partial charge < -0.3 is 9.47 Å². The largest absolute Gasteiger partial charge is 0.497 e. The van der Waals surface area contributed by atoms with Crippen LogP contribution in [0.25, 0.3) is 0 Å². The van der Waals surface area contributed by atoms with Gasteiger partial charge in [0.05, 0.1) is 16.8 Å². The van der Waals surface area contributed by atoms with Crippen molar-refractivity contribution in [3.63, 3.8) is 0 Å². The Morgan fingerprint density at radius 1 is 1.21 bits per heavy atom. The summed E-state index contributed by atoms with van der Waals surface area (Å²) in [6, 6.07) is 6.58. The number of nitrogens with zero attached hydrogens (tertiary/aromatic N) is 1. The number of rotatable bonds is 2. The molecule has 0 N–H and O–H groups in total. The summed E-state index contributed by atoms with van der Waals surface area (Å²) in [5.74, 6) is 0.649. The number of carbonyl (C=O) groups is 1. The van der Waals surface area contributed by atoms with Crippen molar-refractivity contribution in [2.45, 2.75) is 31.3 Å². The molecule has 0 aliphatic carbocycles. The summed E-state index contributed by atoms with van der Waals surface area (Å²) >= 11 is 0. The van der Waals surface area contributed by atoms with Crippen molar-refractivity contribution in [3.8, 4) is 5.75 Å². The normalized spacial score (nSPS) is 14.4. The summed E-state index contributed by atoms with van der Waals surface area (Å²) in [7, 11) is -1.27. The van der Waals surface area contributed by atoms with Crippen molar-refractivity contribution < 1.29 is 18.5 Å². The topological polar surface area (TPSA) is 65.0 Å². The number of hydrogen-bond donors (Lipinski definition) is 0. The van der Waals surface area contributed by atoms with Gasteiger partial charge >= 0.3 is 6.09 Å². The van der Waals surface area contributed by atoms with Crippen LogP contribution in [0.1, 0.15) is 20.8 Å². The smallest absolute Gasteiger partial charge is 0.442 e. The van der Waals surface area contributed by atoms with Crippen molar-refractivity contribution in [2.24, 2.45) is 4.36 Å². The van der Waals surface area contributed by atoms with Crippen LogP contribution in [0, 0.1) is 0 Å². The first-order valence-electron chi connectivity index (χ1n) is 5.73. The van der Waals surface area contributed by atoms with Crippen molar-refractivity contribution in [3.05, 3.63) is 24.3 Å². The zero-order valence-corrected chi connectivity index (χ0v) is 12.6. The molecule has 5 nitrogen and oxygen atoms in total. The van der Waals surface area contributed by atoms with Crippen LogP contribution in [0.2, 0.25) is 0 Å². The molecule has 106 valence electrons. The third kappa shape index (κ3) is 4.90. The van der Waals surface area contributed by atoms with Crippen molar-refractivity contribution in [1.82, 2.24) is 0 Å². The lowest BCUT2D eigenvalue weighted by atomic mass is 10.2. The van der Waals surface area contributed by atoms with Crippen LogP contribution in [0.3, 0.4) is 0 Å². The summed E-state index contributed by atoms with van der Waals surface area (Å²) in [6.45, 7) is 5.18. The first-order chi connectivity index (χ1) is 8.64. The predicted molar refractivity (Wildman–Crippen MR) is 74.0 cm³/mol. The maximum Gasteiger partial charge on any atom is 0.442 e. The second-order valence-corrected chi connectivity index (χ2v) is 7.31. The minimum Gasteiger partial charge on any atom is -0.497 e. The standard InChI is InChI=1S/C13H19NO4S/c1-13(2,3)18-12(15)14-19(5,16)11-8-6-10(17-4)7-9-11/h6-9H,1-5H3/t19-/m1/s1. The molecule has 0 fully saturated rings. The second-order valence-electron chi connectivity index (χ2n) is 5.05. The molecule has 6 heteroatoms. The third-order valence-corrected chi connectivity index (χ3v) is 3.78. The third-order valence-electron chi connectivity index (χ3n) is 2.14. The maximum absolute atomic E-state index is 12.4. The van der Waals surface area contributed by atoms with E-state index in [-0.39, 0.29) is 0 Å². The highest BCUT2D eigenvalue weighted by molar-refractivity contribution is 7.93. The maximum atomic E-state index is 12.4. The van der Waals surface area contributed by atoms with Gasteiger partial charge in [0.15, 0.2) is 0 Å². The van der Waals surface area contributed by atoms with Gasteiger partial charge in [0, 0.05) is 11.2 Å². The van der Waals surface area contributed by atoms with E-state index in [9.17, 15) is 9.00 Å². The molecule has 0 spiro atoms. The molecule has 0 aliphatic heterocycles. The summed E-state index contributed by atoms with van der Waals surface area (Å²) < 4.78 is 26.1. The molecule has 19 heavy (non-hydrogen) atoms. The summed E-state index contributed by atoms with van der Waals surface area (Å²) in [5.41, 5.74) is -0.657. The summed E-state index contributed by atoms with van der Waals surface area (Å²) in [6.07, 6.45) is 0.578. The number of benzene rings is 1. The van der Waals surface area contributed by atoms with E-state index >= 15 is 0 Å². The number of carbonyl (C=O) groups excluding carboxylic acids is 1. The van der Waals surface area contributed by atoms with Crippen LogP contribution in [0.15, 0.2) is 33.5 Å². The van der Waals surface area contributed by atoms with Gasteiger partial charge in [0.25, 0.3) is 0 Å². The van der Waals surface area contributed by atoms with Crippen molar-refractivity contribution in [2.75, 3.05) is 13.4 Å². The number of ether oxygens (including phenoxy) is 2. The zero-order chi connectivity index (χ0) is 14.7. The van der Waals surface area contributed by atoms with E-state index in [1.807, 2.05) is 0 Å². The Hall–Kier alpha value is -1.56. The fraction of sp³-hybridized carbons (Fsp3) is 0.462. The lowest BCUT2D eigenvalue weighted by Gasteiger charge is -2.17. The van der Waals surface area contributed by atoms with E-state index in [2.05, 4.69) is 4.36 Å². The first kappa shape index (κ1) is 15.5. The van der Waals surface area contributed by atoms with E-state index in [4.69, 9.17) is 9.47 Å². The van der Waals surface area contributed by atoms with Gasteiger partial charge in [0.1, 0.15) is 11.4 Å². The van der Waals surface area contributed by atoms with Gasteiger partial charge in [-0.25, -0.2) is 9.00 Å². The molecule has 0 saturated carbocycles. The molecule has 1 aromatic carbocycles. The van der Waals surface area contributed by atoms with Crippen LogP contribution >= 0.6 is 0 Å². The second kappa shape index (κ2) is 5.61. The zero-order valence-electron chi connectivity index (χ0n) is 11.8. The molecule has 0 aromatic heterocycles. The lowest BCUT2D eigenvalue weighted by Crippen LogP contribution is -2.22. The average Bonchev–Trinajstić information content (AvgIpc) is 2.25. The molecule has 0 radical (unpaired) electrons. The minimum absolute atomic E-state index is 0.458. The Kier molecular flexibility index (Phi) is 4.57. The SMILES string of the molecule is COc1ccc([S@@](C)(=O)=NC(=O)OC(C)(C)C)cc1.